The smallest absolute Gasteiger partial charge is 0.255 e. The van der Waals surface area contributed by atoms with Gasteiger partial charge in [0.15, 0.2) is 0 Å². The van der Waals surface area contributed by atoms with E-state index in [2.05, 4.69) is 0 Å². The van der Waals surface area contributed by atoms with Crippen molar-refractivity contribution in [3.63, 3.8) is 0 Å². The fourth-order valence-electron chi connectivity index (χ4n) is 0.560. The maximum Gasteiger partial charge on any atom is 0.410 e. The van der Waals surface area contributed by atoms with Crippen molar-refractivity contribution in [2.75, 3.05) is 11.6 Å². The van der Waals surface area contributed by atoms with E-state index in [1.807, 2.05) is 0 Å². The lowest BCUT2D eigenvalue weighted by molar-refractivity contribution is -0.0796. The third-order valence-electron chi connectivity index (χ3n) is 1.14. The Morgan fingerprint density at radius 2 is 1.92 bits per heavy atom. The molecule has 0 aromatic rings. The first-order valence-corrected chi connectivity index (χ1v) is 5.56. The van der Waals surface area contributed by atoms with Crippen LogP contribution in [0.5, 0.6) is 0 Å². The Kier molecular flexibility index (Phi) is 6.41. The van der Waals surface area contributed by atoms with Gasteiger partial charge in [-0.25, -0.2) is 0 Å². The highest BCUT2D eigenvalue weighted by Crippen LogP contribution is 2.16. The third-order valence-corrected chi connectivity index (χ3v) is 2.54. The first kappa shape index (κ1) is 13.0. The topological polar surface area (TPSA) is 17.1 Å². The molecule has 78 valence electrons. The summed E-state index contributed by atoms with van der Waals surface area (Å²) in [5.41, 5.74) is 0. The largest absolute Gasteiger partial charge is 0.410 e. The normalized spacial score (nSPS) is 15.1. The van der Waals surface area contributed by atoms with Crippen molar-refractivity contribution in [2.24, 2.45) is 0 Å². The minimum Gasteiger partial charge on any atom is -0.255 e. The SMILES string of the molecule is O=S(/C=C/C(F)(F)F)CCCCCl. The molecule has 0 fully saturated rings. The molecule has 0 aliphatic rings. The van der Waals surface area contributed by atoms with E-state index in [0.717, 1.165) is 0 Å². The van der Waals surface area contributed by atoms with E-state index in [1.165, 1.54) is 0 Å². The monoisotopic (exact) mass is 234 g/mol. The van der Waals surface area contributed by atoms with Gasteiger partial charge in [-0.1, -0.05) is 0 Å². The number of rotatable bonds is 5. The molecular weight excluding hydrogens is 225 g/mol. The summed E-state index contributed by atoms with van der Waals surface area (Å²) in [5, 5.41) is 0.675. The van der Waals surface area contributed by atoms with Crippen molar-refractivity contribution in [1.29, 1.82) is 0 Å². The van der Waals surface area contributed by atoms with Crippen LogP contribution in [0.1, 0.15) is 12.8 Å². The van der Waals surface area contributed by atoms with Gasteiger partial charge in [-0.15, -0.1) is 11.6 Å². The van der Waals surface area contributed by atoms with Gasteiger partial charge >= 0.3 is 6.18 Å². The molecule has 6 heteroatoms. The van der Waals surface area contributed by atoms with Crippen molar-refractivity contribution in [3.8, 4) is 0 Å². The Balaban J connectivity index is 3.68. The van der Waals surface area contributed by atoms with E-state index in [0.29, 0.717) is 24.1 Å². The standard InChI is InChI=1S/C7H10ClF3OS/c8-4-1-2-5-13(12)6-3-7(9,10)11/h3,6H,1-2,4-5H2/b6-3+. The molecular formula is C7H10ClF3OS. The second-order valence-corrected chi connectivity index (χ2v) is 4.15. The van der Waals surface area contributed by atoms with Crippen LogP contribution >= 0.6 is 11.6 Å². The van der Waals surface area contributed by atoms with Crippen LogP contribution in [0.2, 0.25) is 0 Å². The lowest BCUT2D eigenvalue weighted by atomic mass is 10.4. The molecule has 1 atom stereocenters. The summed E-state index contributed by atoms with van der Waals surface area (Å²) >= 11 is 5.34. The van der Waals surface area contributed by atoms with Gasteiger partial charge in [-0.2, -0.15) is 13.2 Å². The van der Waals surface area contributed by atoms with Crippen LogP contribution in [0.15, 0.2) is 11.5 Å². The quantitative estimate of drug-likeness (QED) is 0.528. The molecule has 0 bridgehead atoms. The molecule has 0 rings (SSSR count). The number of hydrogen-bond donors (Lipinski definition) is 0. The molecule has 0 heterocycles. The Morgan fingerprint density at radius 3 is 2.38 bits per heavy atom. The van der Waals surface area contributed by atoms with Gasteiger partial charge in [-0.3, -0.25) is 4.21 Å². The number of hydrogen-bond acceptors (Lipinski definition) is 1. The molecule has 0 amide bonds. The zero-order valence-corrected chi connectivity index (χ0v) is 8.38. The Labute approximate surface area is 82.4 Å². The van der Waals surface area contributed by atoms with E-state index in [1.54, 1.807) is 0 Å². The highest BCUT2D eigenvalue weighted by molar-refractivity contribution is 7.87. The minimum atomic E-state index is -4.37. The summed E-state index contributed by atoms with van der Waals surface area (Å²) in [4.78, 5) is 0. The second kappa shape index (κ2) is 6.43. The van der Waals surface area contributed by atoms with Crippen molar-refractivity contribution in [2.45, 2.75) is 19.0 Å². The van der Waals surface area contributed by atoms with Crippen molar-refractivity contribution >= 4 is 22.4 Å². The molecule has 0 radical (unpaired) electrons. The third kappa shape index (κ3) is 9.89. The first-order chi connectivity index (χ1) is 5.95. The lowest BCUT2D eigenvalue weighted by Crippen LogP contribution is -2.02. The van der Waals surface area contributed by atoms with Crippen LogP contribution in [-0.2, 0) is 10.8 Å². The predicted octanol–water partition coefficient (Wildman–Crippen LogP) is 2.83. The van der Waals surface area contributed by atoms with Gasteiger partial charge < -0.3 is 0 Å². The predicted molar refractivity (Wildman–Crippen MR) is 48.2 cm³/mol. The highest BCUT2D eigenvalue weighted by Gasteiger charge is 2.22. The van der Waals surface area contributed by atoms with E-state index in [-0.39, 0.29) is 11.8 Å². The van der Waals surface area contributed by atoms with E-state index < -0.39 is 17.0 Å². The van der Waals surface area contributed by atoms with Gasteiger partial charge in [0.05, 0.1) is 0 Å². The van der Waals surface area contributed by atoms with Gasteiger partial charge in [0.2, 0.25) is 0 Å². The van der Waals surface area contributed by atoms with Crippen LogP contribution in [-0.4, -0.2) is 22.0 Å². The zero-order valence-electron chi connectivity index (χ0n) is 6.81. The number of allylic oxidation sites excluding steroid dienone is 1. The molecule has 0 aliphatic heterocycles. The zero-order chi connectivity index (χ0) is 10.3. The molecule has 0 aliphatic carbocycles. The highest BCUT2D eigenvalue weighted by atomic mass is 35.5. The molecule has 13 heavy (non-hydrogen) atoms. The Morgan fingerprint density at radius 1 is 1.31 bits per heavy atom. The van der Waals surface area contributed by atoms with Crippen LogP contribution in [0.3, 0.4) is 0 Å². The van der Waals surface area contributed by atoms with Crippen LogP contribution in [0.4, 0.5) is 13.2 Å². The Bertz CT molecular complexity index is 191. The molecule has 0 saturated carbocycles. The van der Waals surface area contributed by atoms with Gasteiger partial charge in [0.1, 0.15) is 0 Å². The molecule has 0 spiro atoms. The lowest BCUT2D eigenvalue weighted by Gasteiger charge is -1.97. The van der Waals surface area contributed by atoms with Gasteiger partial charge in [0, 0.05) is 33.9 Å². The summed E-state index contributed by atoms with van der Waals surface area (Å²) in [6, 6.07) is 0. The van der Waals surface area contributed by atoms with Crippen molar-refractivity contribution in [3.05, 3.63) is 11.5 Å². The summed E-state index contributed by atoms with van der Waals surface area (Å²) in [5.74, 6) is 0.680. The number of halogens is 4. The van der Waals surface area contributed by atoms with Crippen LogP contribution in [0.25, 0.3) is 0 Å². The molecule has 0 N–H and O–H groups in total. The Hall–Kier alpha value is -0.0300. The number of alkyl halides is 4. The summed E-state index contributed by atoms with van der Waals surface area (Å²) < 4.78 is 45.5. The van der Waals surface area contributed by atoms with Crippen LogP contribution < -0.4 is 0 Å². The first-order valence-electron chi connectivity index (χ1n) is 3.65. The van der Waals surface area contributed by atoms with Crippen molar-refractivity contribution < 1.29 is 17.4 Å². The fraction of sp³-hybridized carbons (Fsp3) is 0.714. The molecule has 1 nitrogen and oxygen atoms in total. The van der Waals surface area contributed by atoms with Crippen molar-refractivity contribution in [1.82, 2.24) is 0 Å². The molecule has 0 aromatic heterocycles. The van der Waals surface area contributed by atoms with E-state index in [4.69, 9.17) is 11.6 Å². The second-order valence-electron chi connectivity index (χ2n) is 2.33. The minimum absolute atomic E-state index is 0.00378. The average Bonchev–Trinajstić information content (AvgIpc) is 2.00. The number of unbranched alkanes of at least 4 members (excludes halogenated alkanes) is 1. The summed E-state index contributed by atoms with van der Waals surface area (Å²) in [7, 11) is -1.53. The summed E-state index contributed by atoms with van der Waals surface area (Å²) in [6.45, 7) is 0. The van der Waals surface area contributed by atoms with Gasteiger partial charge in [0.25, 0.3) is 0 Å². The van der Waals surface area contributed by atoms with Gasteiger partial charge in [-0.05, 0) is 12.8 Å². The maximum absolute atomic E-state index is 11.6. The summed E-state index contributed by atoms with van der Waals surface area (Å²) in [6.07, 6.45) is -3.11. The fourth-order valence-corrected chi connectivity index (χ4v) is 1.68. The van der Waals surface area contributed by atoms with Crippen LogP contribution in [0, 0.1) is 0 Å². The van der Waals surface area contributed by atoms with E-state index >= 15 is 0 Å². The average molecular weight is 235 g/mol. The maximum atomic E-state index is 11.6. The molecule has 0 aromatic carbocycles. The molecule has 0 saturated heterocycles. The molecule has 1 unspecified atom stereocenters. The van der Waals surface area contributed by atoms with E-state index in [9.17, 15) is 17.4 Å².